The van der Waals surface area contributed by atoms with E-state index < -0.39 is 0 Å². The van der Waals surface area contributed by atoms with Crippen LogP contribution in [0.5, 0.6) is 0 Å². The number of carbonyl (C=O) groups is 1. The van der Waals surface area contributed by atoms with Gasteiger partial charge in [-0.1, -0.05) is 36.4 Å². The predicted molar refractivity (Wildman–Crippen MR) is 154 cm³/mol. The molecule has 0 unspecified atom stereocenters. The number of carbonyl (C=O) groups excluding carboxylic acids is 1. The van der Waals surface area contributed by atoms with Gasteiger partial charge in [-0.25, -0.2) is 4.98 Å². The third kappa shape index (κ3) is 4.45. The summed E-state index contributed by atoms with van der Waals surface area (Å²) in [4.78, 5) is 33.7. The molecule has 9 heteroatoms. The minimum absolute atomic E-state index is 0.102. The molecule has 0 saturated heterocycles. The molecular formula is C31H22N8O. The van der Waals surface area contributed by atoms with Crippen LogP contribution in [0.1, 0.15) is 5.56 Å². The van der Waals surface area contributed by atoms with Gasteiger partial charge in [-0.3, -0.25) is 24.8 Å². The predicted octanol–water partition coefficient (Wildman–Crippen LogP) is 5.81. The van der Waals surface area contributed by atoms with Crippen molar-refractivity contribution in [3.63, 3.8) is 0 Å². The summed E-state index contributed by atoms with van der Waals surface area (Å²) in [7, 11) is 0. The van der Waals surface area contributed by atoms with E-state index >= 15 is 0 Å². The lowest BCUT2D eigenvalue weighted by molar-refractivity contribution is -0.115. The Hall–Kier alpha value is -5.70. The highest BCUT2D eigenvalue weighted by Gasteiger charge is 2.15. The highest BCUT2D eigenvalue weighted by atomic mass is 16.1. The van der Waals surface area contributed by atoms with Gasteiger partial charge in [-0.05, 0) is 29.8 Å². The number of aromatic nitrogens is 7. The minimum Gasteiger partial charge on any atom is -0.352 e. The fraction of sp³-hybridized carbons (Fsp3) is 0.0323. The average molecular weight is 523 g/mol. The van der Waals surface area contributed by atoms with Crippen LogP contribution in [0, 0.1) is 0 Å². The number of hydrogen-bond acceptors (Lipinski definition) is 6. The van der Waals surface area contributed by atoms with E-state index in [0.717, 1.165) is 55.5 Å². The monoisotopic (exact) mass is 522 g/mol. The molecule has 7 aromatic rings. The molecule has 0 aliphatic carbocycles. The second kappa shape index (κ2) is 9.88. The van der Waals surface area contributed by atoms with Gasteiger partial charge < -0.3 is 10.3 Å². The maximum Gasteiger partial charge on any atom is 0.228 e. The second-order valence-corrected chi connectivity index (χ2v) is 9.44. The minimum atomic E-state index is -0.102. The molecule has 0 bridgehead atoms. The summed E-state index contributed by atoms with van der Waals surface area (Å²) in [5.41, 5.74) is 8.45. The normalized spacial score (nSPS) is 11.2. The molecule has 0 radical (unpaired) electrons. The largest absolute Gasteiger partial charge is 0.352 e. The van der Waals surface area contributed by atoms with Crippen LogP contribution in [0.15, 0.2) is 104 Å². The molecule has 1 amide bonds. The van der Waals surface area contributed by atoms with Crippen LogP contribution in [0.4, 0.5) is 5.69 Å². The van der Waals surface area contributed by atoms with Crippen LogP contribution >= 0.6 is 0 Å². The zero-order valence-corrected chi connectivity index (χ0v) is 21.2. The Morgan fingerprint density at radius 3 is 2.50 bits per heavy atom. The average Bonchev–Trinajstić information content (AvgIpc) is 3.62. The molecule has 0 saturated carbocycles. The van der Waals surface area contributed by atoms with Crippen molar-refractivity contribution in [2.75, 3.05) is 5.32 Å². The first kappa shape index (κ1) is 23.4. The Balaban J connectivity index is 1.21. The number of pyridine rings is 4. The molecule has 0 fully saturated rings. The second-order valence-electron chi connectivity index (χ2n) is 9.44. The number of H-pyrrole nitrogens is 2. The molecule has 9 nitrogen and oxygen atoms in total. The van der Waals surface area contributed by atoms with E-state index in [1.54, 1.807) is 24.8 Å². The third-order valence-corrected chi connectivity index (χ3v) is 6.76. The summed E-state index contributed by atoms with van der Waals surface area (Å²) in [5.74, 6) is -0.102. The molecule has 192 valence electrons. The fourth-order valence-corrected chi connectivity index (χ4v) is 4.85. The number of hydrogen-bond donors (Lipinski definition) is 3. The Kier molecular flexibility index (Phi) is 5.78. The lowest BCUT2D eigenvalue weighted by Crippen LogP contribution is -2.14. The van der Waals surface area contributed by atoms with Gasteiger partial charge in [0.15, 0.2) is 5.65 Å². The van der Waals surface area contributed by atoms with Crippen molar-refractivity contribution in [3.05, 3.63) is 110 Å². The lowest BCUT2D eigenvalue weighted by Gasteiger charge is -2.07. The molecule has 0 atom stereocenters. The number of fused-ring (bicyclic) bond motifs is 2. The van der Waals surface area contributed by atoms with Crippen molar-refractivity contribution < 1.29 is 4.79 Å². The topological polar surface area (TPSA) is 125 Å². The van der Waals surface area contributed by atoms with Gasteiger partial charge in [0.05, 0.1) is 41.4 Å². The summed E-state index contributed by atoms with van der Waals surface area (Å²) in [6.45, 7) is 0. The molecule has 6 heterocycles. The highest BCUT2D eigenvalue weighted by molar-refractivity contribution is 6.00. The van der Waals surface area contributed by atoms with Crippen molar-refractivity contribution in [1.29, 1.82) is 0 Å². The fourth-order valence-electron chi connectivity index (χ4n) is 4.85. The quantitative estimate of drug-likeness (QED) is 0.253. The number of nitrogens with one attached hydrogen (secondary N) is 3. The number of aromatic amines is 2. The molecular weight excluding hydrogens is 500 g/mol. The van der Waals surface area contributed by atoms with Crippen LogP contribution in [-0.4, -0.2) is 41.0 Å². The third-order valence-electron chi connectivity index (χ3n) is 6.76. The number of rotatable bonds is 6. The van der Waals surface area contributed by atoms with E-state index in [1.807, 2.05) is 73.2 Å². The molecule has 40 heavy (non-hydrogen) atoms. The number of anilines is 1. The van der Waals surface area contributed by atoms with Gasteiger partial charge in [0.2, 0.25) is 5.91 Å². The lowest BCUT2D eigenvalue weighted by atomic mass is 10.1. The summed E-state index contributed by atoms with van der Waals surface area (Å²) in [6, 6.07) is 19.6. The zero-order chi connectivity index (χ0) is 26.9. The van der Waals surface area contributed by atoms with Crippen molar-refractivity contribution in [2.24, 2.45) is 0 Å². The number of nitrogens with zero attached hydrogens (tertiary/aromatic N) is 5. The molecule has 0 aliphatic heterocycles. The first-order valence-corrected chi connectivity index (χ1v) is 12.7. The van der Waals surface area contributed by atoms with E-state index in [0.29, 0.717) is 17.8 Å². The van der Waals surface area contributed by atoms with Crippen molar-refractivity contribution in [1.82, 2.24) is 35.1 Å². The van der Waals surface area contributed by atoms with E-state index in [4.69, 9.17) is 0 Å². The maximum absolute atomic E-state index is 12.6. The van der Waals surface area contributed by atoms with Gasteiger partial charge >= 0.3 is 0 Å². The smallest absolute Gasteiger partial charge is 0.228 e. The Labute approximate surface area is 228 Å². The molecule has 3 N–H and O–H groups in total. The van der Waals surface area contributed by atoms with Crippen molar-refractivity contribution in [2.45, 2.75) is 6.42 Å². The standard InChI is InChI=1S/C31H22N8O/c40-29(9-19-5-2-1-3-6-19)36-23-10-21(14-33-16-23)22-11-25-30(38-39-31(25)35-15-22)27-12-24-26(17-34-18-28(24)37-27)20-7-4-8-32-13-20/h1-8,10-18,37H,9H2,(H,36,40)(H,35,38,39). The van der Waals surface area contributed by atoms with Crippen LogP contribution in [0.2, 0.25) is 0 Å². The first-order chi connectivity index (χ1) is 19.7. The van der Waals surface area contributed by atoms with E-state index in [-0.39, 0.29) is 5.91 Å². The van der Waals surface area contributed by atoms with Crippen molar-refractivity contribution in [3.8, 4) is 33.6 Å². The van der Waals surface area contributed by atoms with Crippen molar-refractivity contribution >= 4 is 33.5 Å². The van der Waals surface area contributed by atoms with Gasteiger partial charge in [-0.2, -0.15) is 5.10 Å². The van der Waals surface area contributed by atoms with E-state index in [9.17, 15) is 4.79 Å². The molecule has 0 spiro atoms. The Morgan fingerprint density at radius 1 is 0.775 bits per heavy atom. The number of amides is 1. The summed E-state index contributed by atoms with van der Waals surface area (Å²) >= 11 is 0. The highest BCUT2D eigenvalue weighted by Crippen LogP contribution is 2.34. The molecule has 6 aromatic heterocycles. The van der Waals surface area contributed by atoms with Crippen LogP contribution in [0.3, 0.4) is 0 Å². The maximum atomic E-state index is 12.6. The summed E-state index contributed by atoms with van der Waals surface area (Å²) in [5, 5.41) is 12.4. The summed E-state index contributed by atoms with van der Waals surface area (Å²) < 4.78 is 0. The Morgan fingerprint density at radius 2 is 1.62 bits per heavy atom. The SMILES string of the molecule is O=C(Cc1ccccc1)Nc1cncc(-c2cnc3n[nH]c(-c4cc5c(-c6cccnc6)cncc5[nH]4)c3c2)c1. The first-order valence-electron chi connectivity index (χ1n) is 12.7. The van der Waals surface area contributed by atoms with Gasteiger partial charge in [0.25, 0.3) is 0 Å². The van der Waals surface area contributed by atoms with E-state index in [1.165, 1.54) is 0 Å². The van der Waals surface area contributed by atoms with Crippen LogP contribution in [0.25, 0.3) is 55.6 Å². The van der Waals surface area contributed by atoms with Crippen LogP contribution in [-0.2, 0) is 11.2 Å². The molecule has 1 aromatic carbocycles. The van der Waals surface area contributed by atoms with Gasteiger partial charge in [-0.15, -0.1) is 0 Å². The molecule has 0 aliphatic rings. The number of benzene rings is 1. The van der Waals surface area contributed by atoms with Gasteiger partial charge in [0.1, 0.15) is 0 Å². The van der Waals surface area contributed by atoms with Crippen LogP contribution < -0.4 is 5.32 Å². The Bertz CT molecular complexity index is 1980. The van der Waals surface area contributed by atoms with Gasteiger partial charge in [0, 0.05) is 64.0 Å². The zero-order valence-electron chi connectivity index (χ0n) is 21.2. The van der Waals surface area contributed by atoms with E-state index in [2.05, 4.69) is 46.5 Å². The molecule has 7 rings (SSSR count). The summed E-state index contributed by atoms with van der Waals surface area (Å²) in [6.07, 6.45) is 12.7.